The van der Waals surface area contributed by atoms with Gasteiger partial charge < -0.3 is 0 Å². The molecular weight excluding hydrogens is 316 g/mol. The van der Waals surface area contributed by atoms with E-state index in [0.29, 0.717) is 5.02 Å². The van der Waals surface area contributed by atoms with Crippen LogP contribution >= 0.6 is 27.5 Å². The van der Waals surface area contributed by atoms with Crippen molar-refractivity contribution in [2.24, 2.45) is 5.84 Å². The molecule has 0 spiro atoms. The summed E-state index contributed by atoms with van der Waals surface area (Å²) in [7, 11) is 0. The van der Waals surface area contributed by atoms with Crippen molar-refractivity contribution in [1.82, 2.24) is 15.2 Å². The number of hydrazine groups is 1. The number of nitrogens with one attached hydrogen (secondary N) is 1. The summed E-state index contributed by atoms with van der Waals surface area (Å²) in [6, 6.07) is 5.53. The zero-order chi connectivity index (χ0) is 13.1. The molecule has 0 bridgehead atoms. The number of rotatable bonds is 4. The molecule has 0 aliphatic rings. The Balaban J connectivity index is 2.38. The molecule has 1 aromatic carbocycles. The van der Waals surface area contributed by atoms with Crippen LogP contribution in [0, 0.1) is 0 Å². The van der Waals surface area contributed by atoms with Gasteiger partial charge in [0.25, 0.3) is 0 Å². The molecule has 0 saturated heterocycles. The first-order valence-electron chi connectivity index (χ1n) is 5.59. The standard InChI is InChI=1S/C12H14BrClN4/c1-2-18-7-8(6-16-18)12(17-15)10-4-3-9(14)5-11(10)13/h3-7,12,17H,2,15H2,1H3. The molecule has 0 fully saturated rings. The Kier molecular flexibility index (Phi) is 4.40. The van der Waals surface area contributed by atoms with Gasteiger partial charge in [0.05, 0.1) is 12.2 Å². The van der Waals surface area contributed by atoms with Crippen LogP contribution < -0.4 is 11.3 Å². The van der Waals surface area contributed by atoms with E-state index in [1.807, 2.05) is 42.2 Å². The normalized spacial score (nSPS) is 12.7. The Bertz CT molecular complexity index is 541. The van der Waals surface area contributed by atoms with Gasteiger partial charge in [0, 0.05) is 27.8 Å². The van der Waals surface area contributed by atoms with Crippen LogP contribution in [-0.4, -0.2) is 9.78 Å². The molecule has 0 aliphatic heterocycles. The van der Waals surface area contributed by atoms with E-state index in [-0.39, 0.29) is 6.04 Å². The average molecular weight is 330 g/mol. The number of nitrogens with zero attached hydrogens (tertiary/aromatic N) is 2. The molecule has 1 atom stereocenters. The summed E-state index contributed by atoms with van der Waals surface area (Å²) < 4.78 is 2.78. The summed E-state index contributed by atoms with van der Waals surface area (Å²) in [5.74, 6) is 5.65. The Labute approximate surface area is 119 Å². The molecule has 2 rings (SSSR count). The number of aryl methyl sites for hydroxylation is 1. The van der Waals surface area contributed by atoms with Gasteiger partial charge >= 0.3 is 0 Å². The fraction of sp³-hybridized carbons (Fsp3) is 0.250. The first-order chi connectivity index (χ1) is 8.65. The van der Waals surface area contributed by atoms with E-state index in [9.17, 15) is 0 Å². The van der Waals surface area contributed by atoms with Gasteiger partial charge in [-0.15, -0.1) is 0 Å². The third-order valence-electron chi connectivity index (χ3n) is 2.75. The van der Waals surface area contributed by atoms with Crippen molar-refractivity contribution in [3.8, 4) is 0 Å². The Morgan fingerprint density at radius 3 is 2.89 bits per heavy atom. The second kappa shape index (κ2) is 5.84. The summed E-state index contributed by atoms with van der Waals surface area (Å²) in [4.78, 5) is 0. The van der Waals surface area contributed by atoms with Gasteiger partial charge in [-0.05, 0) is 24.6 Å². The predicted molar refractivity (Wildman–Crippen MR) is 76.2 cm³/mol. The Hall–Kier alpha value is -0.880. The summed E-state index contributed by atoms with van der Waals surface area (Å²) in [6.07, 6.45) is 3.79. The van der Waals surface area contributed by atoms with Crippen LogP contribution in [0.3, 0.4) is 0 Å². The maximum absolute atomic E-state index is 5.94. The average Bonchev–Trinajstić information content (AvgIpc) is 2.81. The molecule has 2 aromatic rings. The molecule has 4 nitrogen and oxygen atoms in total. The van der Waals surface area contributed by atoms with Crippen molar-refractivity contribution in [3.63, 3.8) is 0 Å². The zero-order valence-electron chi connectivity index (χ0n) is 9.90. The molecule has 1 aromatic heterocycles. The highest BCUT2D eigenvalue weighted by molar-refractivity contribution is 9.10. The highest BCUT2D eigenvalue weighted by atomic mass is 79.9. The van der Waals surface area contributed by atoms with Crippen molar-refractivity contribution in [2.45, 2.75) is 19.5 Å². The SMILES string of the molecule is CCn1cc(C(NN)c2ccc(Cl)cc2Br)cn1. The third-order valence-corrected chi connectivity index (χ3v) is 3.67. The molecule has 3 N–H and O–H groups in total. The lowest BCUT2D eigenvalue weighted by Gasteiger charge is -2.16. The summed E-state index contributed by atoms with van der Waals surface area (Å²) in [5.41, 5.74) is 4.85. The fourth-order valence-corrected chi connectivity index (χ4v) is 2.71. The monoisotopic (exact) mass is 328 g/mol. The van der Waals surface area contributed by atoms with Gasteiger partial charge in [-0.1, -0.05) is 33.6 Å². The molecular formula is C12H14BrClN4. The highest BCUT2D eigenvalue weighted by Crippen LogP contribution is 2.30. The maximum atomic E-state index is 5.94. The maximum Gasteiger partial charge on any atom is 0.0751 e. The van der Waals surface area contributed by atoms with Gasteiger partial charge in [0.2, 0.25) is 0 Å². The van der Waals surface area contributed by atoms with Gasteiger partial charge in [0.1, 0.15) is 0 Å². The van der Waals surface area contributed by atoms with Crippen LogP contribution in [-0.2, 0) is 6.54 Å². The zero-order valence-corrected chi connectivity index (χ0v) is 12.2. The van der Waals surface area contributed by atoms with Gasteiger partial charge in [0.15, 0.2) is 0 Å². The van der Waals surface area contributed by atoms with Crippen molar-refractivity contribution in [2.75, 3.05) is 0 Å². The smallest absolute Gasteiger partial charge is 0.0751 e. The van der Waals surface area contributed by atoms with Crippen LogP contribution in [0.4, 0.5) is 0 Å². The minimum absolute atomic E-state index is 0.114. The summed E-state index contributed by atoms with van der Waals surface area (Å²) >= 11 is 9.44. The predicted octanol–water partition coefficient (Wildman–Crippen LogP) is 2.87. The first kappa shape index (κ1) is 13.5. The number of hydrogen-bond donors (Lipinski definition) is 2. The first-order valence-corrected chi connectivity index (χ1v) is 6.76. The molecule has 96 valence electrons. The van der Waals surface area contributed by atoms with E-state index in [0.717, 1.165) is 22.1 Å². The van der Waals surface area contributed by atoms with E-state index < -0.39 is 0 Å². The minimum Gasteiger partial charge on any atom is -0.273 e. The number of hydrogen-bond acceptors (Lipinski definition) is 3. The topological polar surface area (TPSA) is 55.9 Å². The lowest BCUT2D eigenvalue weighted by molar-refractivity contribution is 0.628. The molecule has 0 radical (unpaired) electrons. The largest absolute Gasteiger partial charge is 0.273 e. The van der Waals surface area contributed by atoms with Crippen molar-refractivity contribution in [1.29, 1.82) is 0 Å². The van der Waals surface area contributed by atoms with Crippen LogP contribution in [0.2, 0.25) is 5.02 Å². The van der Waals surface area contributed by atoms with Crippen molar-refractivity contribution in [3.05, 3.63) is 51.2 Å². The molecule has 0 aliphatic carbocycles. The van der Waals surface area contributed by atoms with E-state index in [1.54, 1.807) is 0 Å². The van der Waals surface area contributed by atoms with Crippen molar-refractivity contribution < 1.29 is 0 Å². The van der Waals surface area contributed by atoms with E-state index in [2.05, 4.69) is 26.5 Å². The molecule has 0 amide bonds. The minimum atomic E-state index is -0.114. The lowest BCUT2D eigenvalue weighted by atomic mass is 10.0. The number of benzene rings is 1. The summed E-state index contributed by atoms with van der Waals surface area (Å²) in [6.45, 7) is 2.87. The number of nitrogens with two attached hydrogens (primary N) is 1. The number of halogens is 2. The Morgan fingerprint density at radius 1 is 1.56 bits per heavy atom. The van der Waals surface area contributed by atoms with Crippen LogP contribution in [0.15, 0.2) is 35.1 Å². The molecule has 0 saturated carbocycles. The fourth-order valence-electron chi connectivity index (χ4n) is 1.80. The lowest BCUT2D eigenvalue weighted by Crippen LogP contribution is -2.28. The molecule has 1 unspecified atom stereocenters. The second-order valence-electron chi connectivity index (χ2n) is 3.89. The van der Waals surface area contributed by atoms with Gasteiger partial charge in [-0.25, -0.2) is 5.43 Å². The molecule has 6 heteroatoms. The van der Waals surface area contributed by atoms with Crippen LogP contribution in [0.5, 0.6) is 0 Å². The van der Waals surface area contributed by atoms with Crippen molar-refractivity contribution >= 4 is 27.5 Å². The van der Waals surface area contributed by atoms with Crippen LogP contribution in [0.25, 0.3) is 0 Å². The second-order valence-corrected chi connectivity index (χ2v) is 5.19. The third kappa shape index (κ3) is 2.75. The van der Waals surface area contributed by atoms with Crippen LogP contribution in [0.1, 0.15) is 24.1 Å². The van der Waals surface area contributed by atoms with E-state index in [1.165, 1.54) is 0 Å². The molecule has 18 heavy (non-hydrogen) atoms. The highest BCUT2D eigenvalue weighted by Gasteiger charge is 2.17. The number of aromatic nitrogens is 2. The van der Waals surface area contributed by atoms with E-state index in [4.69, 9.17) is 17.4 Å². The van der Waals surface area contributed by atoms with Gasteiger partial charge in [-0.3, -0.25) is 10.5 Å². The van der Waals surface area contributed by atoms with E-state index >= 15 is 0 Å². The summed E-state index contributed by atoms with van der Waals surface area (Å²) in [5, 5.41) is 4.94. The van der Waals surface area contributed by atoms with Gasteiger partial charge in [-0.2, -0.15) is 5.10 Å². The Morgan fingerprint density at radius 2 is 2.33 bits per heavy atom. The molecule has 1 heterocycles. The quantitative estimate of drug-likeness (QED) is 0.670.